The number of hydroxylamine groups is 2. The first-order valence-corrected chi connectivity index (χ1v) is 10.8. The van der Waals surface area contributed by atoms with Crippen LogP contribution in [-0.4, -0.2) is 53.1 Å². The topological polar surface area (TPSA) is 54.8 Å². The number of benzene rings is 1. The molecule has 1 aliphatic carbocycles. The number of fused-ring (bicyclic) bond motifs is 3. The maximum absolute atomic E-state index is 13.4. The van der Waals surface area contributed by atoms with E-state index in [1.807, 2.05) is 30.5 Å². The summed E-state index contributed by atoms with van der Waals surface area (Å²) in [4.78, 5) is 32.4. The van der Waals surface area contributed by atoms with Crippen molar-refractivity contribution >= 4 is 22.7 Å². The third-order valence-corrected chi connectivity index (χ3v) is 6.89. The van der Waals surface area contributed by atoms with Gasteiger partial charge in [-0.25, -0.2) is 5.06 Å². The second kappa shape index (κ2) is 7.41. The van der Waals surface area contributed by atoms with Crippen molar-refractivity contribution < 1.29 is 14.4 Å². The van der Waals surface area contributed by atoms with Gasteiger partial charge in [0.25, 0.3) is 5.91 Å². The number of aryl methyl sites for hydroxylation is 1. The van der Waals surface area contributed by atoms with E-state index < -0.39 is 0 Å². The van der Waals surface area contributed by atoms with Crippen LogP contribution in [0.5, 0.6) is 0 Å². The number of rotatable bonds is 5. The summed E-state index contributed by atoms with van der Waals surface area (Å²) in [6.45, 7) is 8.42. The fourth-order valence-electron chi connectivity index (χ4n) is 5.87. The zero-order valence-corrected chi connectivity index (χ0v) is 18.8. The monoisotopic (exact) mass is 411 g/mol. The predicted molar refractivity (Wildman–Crippen MR) is 117 cm³/mol. The van der Waals surface area contributed by atoms with Crippen LogP contribution in [0.2, 0.25) is 0 Å². The molecule has 2 heterocycles. The van der Waals surface area contributed by atoms with E-state index in [1.54, 1.807) is 7.05 Å². The molecule has 0 spiro atoms. The molecular weight excluding hydrogens is 378 g/mol. The average Bonchev–Trinajstić information content (AvgIpc) is 3.20. The number of amides is 2. The zero-order valence-electron chi connectivity index (χ0n) is 18.8. The molecule has 2 bridgehead atoms. The average molecular weight is 412 g/mol. The summed E-state index contributed by atoms with van der Waals surface area (Å²) in [5, 5.41) is 2.28. The summed E-state index contributed by atoms with van der Waals surface area (Å²) < 4.78 is 2.05. The fraction of sp³-hybridized carbons (Fsp3) is 0.583. The van der Waals surface area contributed by atoms with E-state index in [2.05, 4.69) is 30.2 Å². The second-order valence-electron chi connectivity index (χ2n) is 10.3. The van der Waals surface area contributed by atoms with Crippen molar-refractivity contribution in [3.8, 4) is 0 Å². The van der Waals surface area contributed by atoms with Crippen LogP contribution < -0.4 is 0 Å². The first-order chi connectivity index (χ1) is 14.1. The van der Waals surface area contributed by atoms with Crippen molar-refractivity contribution in [1.29, 1.82) is 0 Å². The van der Waals surface area contributed by atoms with Crippen LogP contribution in [0.1, 0.15) is 56.8 Å². The van der Waals surface area contributed by atoms with Crippen LogP contribution in [-0.2, 0) is 16.2 Å². The minimum atomic E-state index is -0.0669. The van der Waals surface area contributed by atoms with Gasteiger partial charge in [0.05, 0.1) is 7.11 Å². The van der Waals surface area contributed by atoms with Crippen LogP contribution in [0.4, 0.5) is 0 Å². The van der Waals surface area contributed by atoms with E-state index in [-0.39, 0.29) is 17.2 Å². The van der Waals surface area contributed by atoms with Gasteiger partial charge in [0.1, 0.15) is 0 Å². The van der Waals surface area contributed by atoms with E-state index in [0.29, 0.717) is 24.4 Å². The van der Waals surface area contributed by atoms with Gasteiger partial charge in [-0.15, -0.1) is 0 Å². The molecule has 6 heteroatoms. The smallest absolute Gasteiger partial charge is 0.254 e. The Balaban J connectivity index is 1.51. The number of nitrogens with zero attached hydrogens (tertiary/aromatic N) is 3. The molecule has 30 heavy (non-hydrogen) atoms. The third kappa shape index (κ3) is 3.85. The summed E-state index contributed by atoms with van der Waals surface area (Å²) in [7, 11) is 3.10. The standard InChI is InChI=1S/C24H33N3O3/c1-23(2)13-19-14-24(3,15-23)16-27(19)22(29)18-6-7-20-17(12-18)8-10-26(20)11-9-21(28)25(4)30-5/h6-8,10,12,19H,9,11,13-16H2,1-5H3. The van der Waals surface area contributed by atoms with Gasteiger partial charge in [-0.1, -0.05) is 20.8 Å². The van der Waals surface area contributed by atoms with E-state index in [0.717, 1.165) is 35.9 Å². The Morgan fingerprint density at radius 1 is 1.20 bits per heavy atom. The molecular formula is C24H33N3O3. The highest BCUT2D eigenvalue weighted by Gasteiger charge is 2.51. The molecule has 0 radical (unpaired) electrons. The molecule has 2 amide bonds. The number of hydrogen-bond acceptors (Lipinski definition) is 3. The van der Waals surface area contributed by atoms with Gasteiger partial charge in [0.2, 0.25) is 5.91 Å². The molecule has 2 aromatic rings. The number of carbonyl (C=O) groups is 2. The molecule has 1 aliphatic heterocycles. The quantitative estimate of drug-likeness (QED) is 0.697. The minimum Gasteiger partial charge on any atom is -0.347 e. The summed E-state index contributed by atoms with van der Waals surface area (Å²) in [6, 6.07) is 8.28. The molecule has 2 aliphatic rings. The Hall–Kier alpha value is -2.34. The fourth-order valence-corrected chi connectivity index (χ4v) is 5.87. The molecule has 1 aromatic heterocycles. The lowest BCUT2D eigenvalue weighted by molar-refractivity contribution is -0.168. The Kier molecular flexibility index (Phi) is 5.17. The molecule has 162 valence electrons. The van der Waals surface area contributed by atoms with Crippen molar-refractivity contribution in [2.75, 3.05) is 20.7 Å². The van der Waals surface area contributed by atoms with E-state index >= 15 is 0 Å². The molecule has 6 nitrogen and oxygen atoms in total. The molecule has 0 N–H and O–H groups in total. The highest BCUT2D eigenvalue weighted by molar-refractivity contribution is 5.98. The molecule has 2 fully saturated rings. The highest BCUT2D eigenvalue weighted by Crippen LogP contribution is 2.52. The first-order valence-electron chi connectivity index (χ1n) is 10.8. The molecule has 2 atom stereocenters. The van der Waals surface area contributed by atoms with Gasteiger partial charge in [-0.3, -0.25) is 14.4 Å². The lowest BCUT2D eigenvalue weighted by atomic mass is 9.65. The van der Waals surface area contributed by atoms with E-state index in [9.17, 15) is 9.59 Å². The molecule has 4 rings (SSSR count). The van der Waals surface area contributed by atoms with Crippen LogP contribution in [0.25, 0.3) is 10.9 Å². The van der Waals surface area contributed by atoms with E-state index in [4.69, 9.17) is 4.84 Å². The van der Waals surface area contributed by atoms with Gasteiger partial charge < -0.3 is 9.47 Å². The summed E-state index contributed by atoms with van der Waals surface area (Å²) in [6.07, 6.45) is 5.71. The van der Waals surface area contributed by atoms with Gasteiger partial charge in [-0.2, -0.15) is 0 Å². The van der Waals surface area contributed by atoms with Gasteiger partial charge in [0.15, 0.2) is 0 Å². The summed E-state index contributed by atoms with van der Waals surface area (Å²) >= 11 is 0. The zero-order chi connectivity index (χ0) is 21.7. The largest absolute Gasteiger partial charge is 0.347 e. The number of aromatic nitrogens is 1. The maximum Gasteiger partial charge on any atom is 0.254 e. The van der Waals surface area contributed by atoms with Crippen LogP contribution >= 0.6 is 0 Å². The van der Waals surface area contributed by atoms with Crippen molar-refractivity contribution in [1.82, 2.24) is 14.5 Å². The summed E-state index contributed by atoms with van der Waals surface area (Å²) in [5.41, 5.74) is 2.32. The van der Waals surface area contributed by atoms with Gasteiger partial charge in [0, 0.05) is 55.3 Å². The number of carbonyl (C=O) groups excluding carboxylic acids is 2. The van der Waals surface area contributed by atoms with Gasteiger partial charge >= 0.3 is 0 Å². The van der Waals surface area contributed by atoms with E-state index in [1.165, 1.54) is 18.6 Å². The second-order valence-corrected chi connectivity index (χ2v) is 10.3. The third-order valence-electron chi connectivity index (χ3n) is 6.89. The molecule has 1 saturated heterocycles. The maximum atomic E-state index is 13.4. The first kappa shape index (κ1) is 20.9. The lowest BCUT2D eigenvalue weighted by Crippen LogP contribution is -2.37. The lowest BCUT2D eigenvalue weighted by Gasteiger charge is -2.39. The van der Waals surface area contributed by atoms with Crippen LogP contribution in [0.3, 0.4) is 0 Å². The van der Waals surface area contributed by atoms with Crippen molar-refractivity contribution in [2.45, 2.75) is 59.0 Å². The van der Waals surface area contributed by atoms with Crippen molar-refractivity contribution in [2.24, 2.45) is 10.8 Å². The van der Waals surface area contributed by atoms with Crippen LogP contribution in [0, 0.1) is 10.8 Å². The molecule has 1 aromatic carbocycles. The van der Waals surface area contributed by atoms with Crippen molar-refractivity contribution in [3.05, 3.63) is 36.0 Å². The number of hydrogen-bond donors (Lipinski definition) is 0. The summed E-state index contributed by atoms with van der Waals surface area (Å²) in [5.74, 6) is 0.0793. The normalized spacial score (nSPS) is 25.0. The Bertz CT molecular complexity index is 979. The minimum absolute atomic E-state index is 0.0669. The Labute approximate surface area is 178 Å². The number of likely N-dealkylation sites (tertiary alicyclic amines) is 1. The van der Waals surface area contributed by atoms with Gasteiger partial charge in [-0.05, 0) is 54.4 Å². The van der Waals surface area contributed by atoms with Crippen LogP contribution in [0.15, 0.2) is 30.5 Å². The Morgan fingerprint density at radius 3 is 2.70 bits per heavy atom. The Morgan fingerprint density at radius 2 is 1.97 bits per heavy atom. The SMILES string of the molecule is CON(C)C(=O)CCn1ccc2cc(C(=O)N3CC4(C)CC3CC(C)(C)C4)ccc21. The van der Waals surface area contributed by atoms with Crippen molar-refractivity contribution in [3.63, 3.8) is 0 Å². The highest BCUT2D eigenvalue weighted by atomic mass is 16.7. The predicted octanol–water partition coefficient (Wildman–Crippen LogP) is 4.09. The molecule has 1 saturated carbocycles. The molecule has 2 unspecified atom stereocenters.